The predicted octanol–water partition coefficient (Wildman–Crippen LogP) is 3.70. The molecule has 4 aromatic rings. The molecule has 178 valence electrons. The second kappa shape index (κ2) is 10.3. The summed E-state index contributed by atoms with van der Waals surface area (Å²) in [5, 5.41) is 20.0. The molecule has 4 N–H and O–H groups in total. The number of benzene rings is 2. The first-order valence-electron chi connectivity index (χ1n) is 10.6. The third-order valence-electron chi connectivity index (χ3n) is 5.53. The van der Waals surface area contributed by atoms with Crippen LogP contribution in [0.4, 0.5) is 0 Å². The zero-order valence-electron chi connectivity index (χ0n) is 18.7. The molecule has 0 spiro atoms. The number of nitrogens with one attached hydrogen (secondary N) is 2. The first kappa shape index (κ1) is 23.8. The predicted molar refractivity (Wildman–Crippen MR) is 131 cm³/mol. The number of aliphatic hydroxyl groups is 1. The van der Waals surface area contributed by atoms with Gasteiger partial charge in [-0.05, 0) is 48.9 Å². The fourth-order valence-electron chi connectivity index (χ4n) is 3.73. The number of hydrogen-bond donors (Lipinski definition) is 4. The van der Waals surface area contributed by atoms with E-state index < -0.39 is 17.8 Å². The quantitative estimate of drug-likeness (QED) is 0.262. The minimum absolute atomic E-state index is 0.0892. The highest BCUT2D eigenvalue weighted by Crippen LogP contribution is 2.33. The first-order valence-corrected chi connectivity index (χ1v) is 11.4. The van der Waals surface area contributed by atoms with Crippen LogP contribution >= 0.6 is 15.9 Å². The van der Waals surface area contributed by atoms with Crippen LogP contribution in [0.25, 0.3) is 22.5 Å². The van der Waals surface area contributed by atoms with Crippen molar-refractivity contribution < 1.29 is 19.7 Å². The van der Waals surface area contributed by atoms with E-state index in [4.69, 9.17) is 14.6 Å². The van der Waals surface area contributed by atoms with E-state index in [2.05, 4.69) is 30.9 Å². The number of halogens is 1. The van der Waals surface area contributed by atoms with Crippen molar-refractivity contribution in [2.75, 3.05) is 20.3 Å². The Kier molecular flexibility index (Phi) is 7.20. The summed E-state index contributed by atoms with van der Waals surface area (Å²) in [6.07, 6.45) is 1.21. The SMILES string of the molecule is CO[C@H](C)[C@@H](c1ncc(-c2ccc(Br)cc2)[nH]1)n1c(O)c(-c2ccc(OCCO)cc2)[nH]c1=O. The fourth-order valence-corrected chi connectivity index (χ4v) is 3.99. The number of nitrogens with zero attached hydrogens (tertiary/aromatic N) is 2. The molecule has 2 atom stereocenters. The molecule has 0 amide bonds. The van der Waals surface area contributed by atoms with Crippen LogP contribution < -0.4 is 10.4 Å². The van der Waals surface area contributed by atoms with Crippen molar-refractivity contribution in [1.82, 2.24) is 19.5 Å². The van der Waals surface area contributed by atoms with Crippen LogP contribution in [-0.2, 0) is 4.74 Å². The molecule has 0 bridgehead atoms. The maximum Gasteiger partial charge on any atom is 0.329 e. The standard InChI is InChI=1S/C24H25BrN4O5/c1-14(33-2)21(22-26-13-19(27-22)15-3-7-17(25)8-4-15)29-23(31)20(28-24(29)32)16-5-9-18(10-6-16)34-12-11-30/h3-10,13-14,21,30-31H,11-12H2,1-2H3,(H,26,27)(H,28,32)/t14-,21+/m1/s1. The van der Waals surface area contributed by atoms with Crippen LogP contribution in [0.2, 0.25) is 0 Å². The molecule has 10 heteroatoms. The molecule has 0 unspecified atom stereocenters. The Hall–Kier alpha value is -3.34. The number of hydrogen-bond acceptors (Lipinski definition) is 6. The van der Waals surface area contributed by atoms with E-state index in [1.807, 2.05) is 24.3 Å². The number of imidazole rings is 2. The van der Waals surface area contributed by atoms with Gasteiger partial charge in [-0.3, -0.25) is 0 Å². The maximum absolute atomic E-state index is 13.0. The van der Waals surface area contributed by atoms with Gasteiger partial charge in [0.25, 0.3) is 0 Å². The number of H-pyrrole nitrogens is 2. The van der Waals surface area contributed by atoms with E-state index in [0.29, 0.717) is 17.1 Å². The summed E-state index contributed by atoms with van der Waals surface area (Å²) in [5.74, 6) is 0.813. The largest absolute Gasteiger partial charge is 0.493 e. The molecule has 0 aliphatic rings. The van der Waals surface area contributed by atoms with E-state index in [1.54, 1.807) is 37.4 Å². The zero-order valence-corrected chi connectivity index (χ0v) is 20.2. The highest BCUT2D eigenvalue weighted by molar-refractivity contribution is 9.10. The van der Waals surface area contributed by atoms with Crippen molar-refractivity contribution in [3.8, 4) is 34.1 Å². The van der Waals surface area contributed by atoms with Crippen molar-refractivity contribution in [1.29, 1.82) is 0 Å². The van der Waals surface area contributed by atoms with E-state index in [1.165, 1.54) is 11.7 Å². The van der Waals surface area contributed by atoms with Gasteiger partial charge < -0.3 is 29.7 Å². The van der Waals surface area contributed by atoms with Crippen molar-refractivity contribution in [3.63, 3.8) is 0 Å². The van der Waals surface area contributed by atoms with E-state index in [9.17, 15) is 9.90 Å². The molecule has 34 heavy (non-hydrogen) atoms. The molecule has 0 aliphatic carbocycles. The lowest BCUT2D eigenvalue weighted by Gasteiger charge is -2.22. The first-order chi connectivity index (χ1) is 16.4. The van der Waals surface area contributed by atoms with Gasteiger partial charge in [0.05, 0.1) is 24.6 Å². The van der Waals surface area contributed by atoms with Gasteiger partial charge in [0.15, 0.2) is 0 Å². The molecule has 4 rings (SSSR count). The van der Waals surface area contributed by atoms with Crippen LogP contribution in [0.3, 0.4) is 0 Å². The summed E-state index contributed by atoms with van der Waals surface area (Å²) in [7, 11) is 1.54. The molecular weight excluding hydrogens is 504 g/mol. The molecule has 2 aromatic carbocycles. The van der Waals surface area contributed by atoms with E-state index in [0.717, 1.165) is 15.7 Å². The van der Waals surface area contributed by atoms with Crippen LogP contribution in [-0.4, -0.2) is 56.2 Å². The molecule has 0 aliphatic heterocycles. The van der Waals surface area contributed by atoms with Crippen LogP contribution in [0.15, 0.2) is 64.0 Å². The molecule has 2 heterocycles. The Morgan fingerprint density at radius 2 is 1.76 bits per heavy atom. The van der Waals surface area contributed by atoms with Crippen LogP contribution in [0.1, 0.15) is 18.8 Å². The van der Waals surface area contributed by atoms with Gasteiger partial charge in [-0.2, -0.15) is 0 Å². The zero-order chi connectivity index (χ0) is 24.2. The average Bonchev–Trinajstić information content (AvgIpc) is 3.44. The maximum atomic E-state index is 13.0. The molecule has 0 saturated carbocycles. The third kappa shape index (κ3) is 4.79. The second-order valence-electron chi connectivity index (χ2n) is 7.67. The fraction of sp³-hybridized carbons (Fsp3) is 0.250. The smallest absolute Gasteiger partial charge is 0.329 e. The summed E-state index contributed by atoms with van der Waals surface area (Å²) < 4.78 is 13.1. The number of aliphatic hydroxyl groups excluding tert-OH is 1. The molecule has 0 saturated heterocycles. The molecule has 2 aromatic heterocycles. The normalized spacial score (nSPS) is 13.1. The van der Waals surface area contributed by atoms with Gasteiger partial charge in [0.2, 0.25) is 5.88 Å². The Morgan fingerprint density at radius 3 is 2.41 bits per heavy atom. The van der Waals surface area contributed by atoms with Gasteiger partial charge in [0, 0.05) is 17.1 Å². The highest BCUT2D eigenvalue weighted by atomic mass is 79.9. The number of rotatable bonds is 9. The minimum Gasteiger partial charge on any atom is -0.493 e. The van der Waals surface area contributed by atoms with Gasteiger partial charge in [-0.15, -0.1) is 0 Å². The summed E-state index contributed by atoms with van der Waals surface area (Å²) >= 11 is 3.43. The van der Waals surface area contributed by atoms with E-state index in [-0.39, 0.29) is 24.8 Å². The number of methoxy groups -OCH3 is 1. The van der Waals surface area contributed by atoms with Crippen molar-refractivity contribution in [2.24, 2.45) is 0 Å². The van der Waals surface area contributed by atoms with Crippen LogP contribution in [0.5, 0.6) is 11.6 Å². The van der Waals surface area contributed by atoms with Crippen molar-refractivity contribution >= 4 is 15.9 Å². The van der Waals surface area contributed by atoms with Crippen molar-refractivity contribution in [3.05, 3.63) is 75.5 Å². The molecule has 0 radical (unpaired) electrons. The number of ether oxygens (including phenoxy) is 2. The minimum atomic E-state index is -0.709. The summed E-state index contributed by atoms with van der Waals surface area (Å²) in [4.78, 5) is 23.5. The monoisotopic (exact) mass is 528 g/mol. The highest BCUT2D eigenvalue weighted by Gasteiger charge is 2.30. The van der Waals surface area contributed by atoms with Gasteiger partial charge in [0.1, 0.15) is 29.9 Å². The Morgan fingerprint density at radius 1 is 1.09 bits per heavy atom. The topological polar surface area (TPSA) is 125 Å². The number of aromatic amines is 2. The summed E-state index contributed by atoms with van der Waals surface area (Å²) in [5.41, 5.74) is 2.08. The lowest BCUT2D eigenvalue weighted by Crippen LogP contribution is -2.32. The molecule has 0 fully saturated rings. The Bertz CT molecular complexity index is 1290. The van der Waals surface area contributed by atoms with Crippen molar-refractivity contribution in [2.45, 2.75) is 19.1 Å². The number of aromatic nitrogens is 4. The van der Waals surface area contributed by atoms with Gasteiger partial charge >= 0.3 is 5.69 Å². The van der Waals surface area contributed by atoms with Gasteiger partial charge in [-0.1, -0.05) is 28.1 Å². The lowest BCUT2D eigenvalue weighted by molar-refractivity contribution is 0.0785. The molecular formula is C24H25BrN4O5. The Balaban J connectivity index is 1.71. The van der Waals surface area contributed by atoms with Gasteiger partial charge in [-0.25, -0.2) is 14.3 Å². The Labute approximate surface area is 204 Å². The average molecular weight is 529 g/mol. The van der Waals surface area contributed by atoms with Crippen LogP contribution in [0, 0.1) is 0 Å². The third-order valence-corrected chi connectivity index (χ3v) is 6.06. The molecule has 9 nitrogen and oxygen atoms in total. The number of aromatic hydroxyl groups is 1. The summed E-state index contributed by atoms with van der Waals surface area (Å²) in [6, 6.07) is 13.9. The summed E-state index contributed by atoms with van der Waals surface area (Å²) in [6.45, 7) is 1.90. The van der Waals surface area contributed by atoms with E-state index >= 15 is 0 Å². The second-order valence-corrected chi connectivity index (χ2v) is 8.59. The lowest BCUT2D eigenvalue weighted by atomic mass is 10.1.